The monoisotopic (exact) mass is 256 g/mol. The second-order valence-electron chi connectivity index (χ2n) is 5.85. The molecule has 0 bridgehead atoms. The number of rotatable bonds is 0. The molecule has 2 saturated carbocycles. The number of thioether (sulfide) groups is 2. The summed E-state index contributed by atoms with van der Waals surface area (Å²) in [6.45, 7) is 2.45. The lowest BCUT2D eigenvalue weighted by molar-refractivity contribution is -0.126. The van der Waals surface area contributed by atoms with Gasteiger partial charge in [-0.2, -0.15) is 0 Å². The minimum absolute atomic E-state index is 0.0252. The largest absolute Gasteiger partial charge is 0.297 e. The lowest BCUT2D eigenvalue weighted by Gasteiger charge is -2.50. The fraction of sp³-hybridized carbons (Fsp3) is 0.923. The van der Waals surface area contributed by atoms with Crippen molar-refractivity contribution >= 4 is 29.3 Å². The number of hydrogen-bond acceptors (Lipinski definition) is 3. The summed E-state index contributed by atoms with van der Waals surface area (Å²) in [5, 5.41) is 0. The summed E-state index contributed by atoms with van der Waals surface area (Å²) in [5.41, 5.74) is 0.469. The molecule has 1 heterocycles. The summed E-state index contributed by atoms with van der Waals surface area (Å²) >= 11 is 3.88. The highest BCUT2D eigenvalue weighted by atomic mass is 32.2. The molecule has 3 rings (SSSR count). The topological polar surface area (TPSA) is 17.1 Å². The zero-order chi connectivity index (χ0) is 11.2. The lowest BCUT2D eigenvalue weighted by Crippen LogP contribution is -2.48. The Hall–Kier alpha value is 0.370. The van der Waals surface area contributed by atoms with E-state index in [4.69, 9.17) is 0 Å². The van der Waals surface area contributed by atoms with Crippen molar-refractivity contribution in [2.75, 3.05) is 11.5 Å². The third kappa shape index (κ3) is 1.66. The van der Waals surface area contributed by atoms with Gasteiger partial charge in [-0.15, -0.1) is 23.5 Å². The Balaban J connectivity index is 1.87. The Morgan fingerprint density at radius 2 is 2.00 bits per heavy atom. The summed E-state index contributed by atoms with van der Waals surface area (Å²) in [4.78, 5) is 12.4. The SMILES string of the molecule is C[C@]12CCCC[C@@H]1CC(=O)C1(C2)SCCS1. The quantitative estimate of drug-likeness (QED) is 0.657. The van der Waals surface area contributed by atoms with Crippen molar-refractivity contribution < 1.29 is 4.79 Å². The van der Waals surface area contributed by atoms with Gasteiger partial charge >= 0.3 is 0 Å². The highest BCUT2D eigenvalue weighted by molar-refractivity contribution is 8.22. The molecule has 1 aliphatic heterocycles. The van der Waals surface area contributed by atoms with Gasteiger partial charge in [0, 0.05) is 17.9 Å². The molecule has 1 nitrogen and oxygen atoms in total. The van der Waals surface area contributed by atoms with Crippen LogP contribution in [0.25, 0.3) is 0 Å². The van der Waals surface area contributed by atoms with E-state index in [0.29, 0.717) is 17.1 Å². The van der Waals surface area contributed by atoms with Gasteiger partial charge in [-0.3, -0.25) is 4.79 Å². The van der Waals surface area contributed by atoms with Gasteiger partial charge in [0.15, 0.2) is 5.78 Å². The Morgan fingerprint density at radius 1 is 1.25 bits per heavy atom. The summed E-state index contributed by atoms with van der Waals surface area (Å²) in [5.74, 6) is 3.61. The first kappa shape index (κ1) is 11.5. The van der Waals surface area contributed by atoms with E-state index in [0.717, 1.165) is 12.8 Å². The second-order valence-corrected chi connectivity index (χ2v) is 8.90. The molecule has 1 spiro atoms. The zero-order valence-corrected chi connectivity index (χ0v) is 11.6. The molecule has 0 aromatic rings. The van der Waals surface area contributed by atoms with Crippen LogP contribution in [0.4, 0.5) is 0 Å². The third-order valence-electron chi connectivity index (χ3n) is 4.78. The summed E-state index contributed by atoms with van der Waals surface area (Å²) in [7, 11) is 0. The van der Waals surface area contributed by atoms with Crippen LogP contribution in [0.3, 0.4) is 0 Å². The molecule has 1 saturated heterocycles. The molecule has 2 aliphatic carbocycles. The molecule has 90 valence electrons. The van der Waals surface area contributed by atoms with Crippen LogP contribution in [0.5, 0.6) is 0 Å². The molecule has 0 unspecified atom stereocenters. The first-order valence-corrected chi connectivity index (χ1v) is 8.43. The normalized spacial score (nSPS) is 42.3. The second kappa shape index (κ2) is 3.94. The average molecular weight is 256 g/mol. The molecule has 3 aliphatic rings. The molecule has 0 radical (unpaired) electrons. The lowest BCUT2D eigenvalue weighted by atomic mass is 9.60. The number of carbonyl (C=O) groups is 1. The first-order valence-electron chi connectivity index (χ1n) is 6.46. The summed E-state index contributed by atoms with van der Waals surface area (Å²) in [6, 6.07) is 0. The average Bonchev–Trinajstić information content (AvgIpc) is 2.69. The van der Waals surface area contributed by atoms with Crippen molar-refractivity contribution in [3.05, 3.63) is 0 Å². The van der Waals surface area contributed by atoms with Gasteiger partial charge in [-0.1, -0.05) is 19.8 Å². The third-order valence-corrected chi connectivity index (χ3v) is 8.24. The Morgan fingerprint density at radius 3 is 2.75 bits per heavy atom. The molecule has 0 amide bonds. The molecule has 0 N–H and O–H groups in total. The number of fused-ring (bicyclic) bond motifs is 1. The standard InChI is InChI=1S/C13H20OS2/c1-12-5-3-2-4-10(12)8-11(14)13(9-12)15-6-7-16-13/h10H,2-9H2,1H3/t10-,12-/m1/s1. The van der Waals surface area contributed by atoms with Crippen LogP contribution in [0, 0.1) is 11.3 Å². The maximum Gasteiger partial charge on any atom is 0.159 e. The maximum atomic E-state index is 12.4. The Kier molecular flexibility index (Phi) is 2.82. The van der Waals surface area contributed by atoms with Gasteiger partial charge in [0.2, 0.25) is 0 Å². The van der Waals surface area contributed by atoms with E-state index in [1.54, 1.807) is 0 Å². The van der Waals surface area contributed by atoms with Gasteiger partial charge in [-0.05, 0) is 30.6 Å². The van der Waals surface area contributed by atoms with Crippen LogP contribution in [-0.2, 0) is 4.79 Å². The number of Topliss-reactive ketones (excluding diaryl/α,β-unsaturated/α-hetero) is 1. The van der Waals surface area contributed by atoms with Crippen LogP contribution >= 0.6 is 23.5 Å². The minimum atomic E-state index is -0.0252. The fourth-order valence-corrected chi connectivity index (χ4v) is 7.29. The number of carbonyl (C=O) groups excluding carboxylic acids is 1. The van der Waals surface area contributed by atoms with E-state index in [1.807, 2.05) is 23.5 Å². The Bertz CT molecular complexity index is 309. The smallest absolute Gasteiger partial charge is 0.159 e. The molecule has 2 atom stereocenters. The van der Waals surface area contributed by atoms with E-state index < -0.39 is 0 Å². The summed E-state index contributed by atoms with van der Waals surface area (Å²) in [6.07, 6.45) is 7.41. The van der Waals surface area contributed by atoms with Crippen LogP contribution in [0.1, 0.15) is 45.4 Å². The highest BCUT2D eigenvalue weighted by Crippen LogP contribution is 2.60. The van der Waals surface area contributed by atoms with Crippen LogP contribution < -0.4 is 0 Å². The molecular weight excluding hydrogens is 236 g/mol. The van der Waals surface area contributed by atoms with Gasteiger partial charge in [0.25, 0.3) is 0 Å². The van der Waals surface area contributed by atoms with Crippen molar-refractivity contribution in [1.29, 1.82) is 0 Å². The summed E-state index contributed by atoms with van der Waals surface area (Å²) < 4.78 is -0.0252. The minimum Gasteiger partial charge on any atom is -0.297 e. The highest BCUT2D eigenvalue weighted by Gasteiger charge is 2.54. The zero-order valence-electron chi connectivity index (χ0n) is 9.96. The van der Waals surface area contributed by atoms with Crippen molar-refractivity contribution in [2.24, 2.45) is 11.3 Å². The maximum absolute atomic E-state index is 12.4. The van der Waals surface area contributed by atoms with E-state index >= 15 is 0 Å². The van der Waals surface area contributed by atoms with Gasteiger partial charge in [-0.25, -0.2) is 0 Å². The van der Waals surface area contributed by atoms with Crippen molar-refractivity contribution in [3.8, 4) is 0 Å². The van der Waals surface area contributed by atoms with Crippen molar-refractivity contribution in [3.63, 3.8) is 0 Å². The Labute approximate surface area is 107 Å². The van der Waals surface area contributed by atoms with E-state index in [1.165, 1.54) is 37.2 Å². The van der Waals surface area contributed by atoms with E-state index in [2.05, 4.69) is 6.92 Å². The predicted molar refractivity (Wildman–Crippen MR) is 72.0 cm³/mol. The van der Waals surface area contributed by atoms with Crippen LogP contribution in [-0.4, -0.2) is 21.4 Å². The van der Waals surface area contributed by atoms with E-state index in [9.17, 15) is 4.79 Å². The molecule has 3 heteroatoms. The van der Waals surface area contributed by atoms with Crippen LogP contribution in [0.15, 0.2) is 0 Å². The van der Waals surface area contributed by atoms with Gasteiger partial charge < -0.3 is 0 Å². The molecule has 0 aromatic heterocycles. The molecular formula is C13H20OS2. The van der Waals surface area contributed by atoms with E-state index in [-0.39, 0.29) is 4.08 Å². The fourth-order valence-electron chi connectivity index (χ4n) is 3.78. The molecule has 0 aromatic carbocycles. The van der Waals surface area contributed by atoms with Crippen LogP contribution in [0.2, 0.25) is 0 Å². The molecule has 3 fully saturated rings. The van der Waals surface area contributed by atoms with Crippen molar-refractivity contribution in [1.82, 2.24) is 0 Å². The predicted octanol–water partition coefficient (Wildman–Crippen LogP) is 3.72. The van der Waals surface area contributed by atoms with Crippen molar-refractivity contribution in [2.45, 2.75) is 49.5 Å². The first-order chi connectivity index (χ1) is 7.65. The van der Waals surface area contributed by atoms with Gasteiger partial charge in [0.1, 0.15) is 4.08 Å². The number of ketones is 1. The number of hydrogen-bond donors (Lipinski definition) is 0. The molecule has 16 heavy (non-hydrogen) atoms. The van der Waals surface area contributed by atoms with Gasteiger partial charge in [0.05, 0.1) is 0 Å².